The van der Waals surface area contributed by atoms with Gasteiger partial charge >= 0.3 is 12.0 Å². The second kappa shape index (κ2) is 5.34. The highest BCUT2D eigenvalue weighted by Gasteiger charge is 2.50. The van der Waals surface area contributed by atoms with E-state index in [1.165, 1.54) is 0 Å². The number of ether oxygens (including phenoxy) is 1. The largest absolute Gasteiger partial charge is 0.481 e. The van der Waals surface area contributed by atoms with E-state index in [1.54, 1.807) is 4.90 Å². The Hall–Kier alpha value is -1.34. The quantitative estimate of drug-likeness (QED) is 0.649. The molecule has 1 heterocycles. The number of aliphatic hydroxyl groups is 1. The lowest BCUT2D eigenvalue weighted by Crippen LogP contribution is -2.55. The second-order valence-corrected chi connectivity index (χ2v) is 5.38. The van der Waals surface area contributed by atoms with Gasteiger partial charge in [-0.05, 0) is 19.8 Å². The maximum Gasteiger partial charge on any atom is 0.317 e. The fraction of sp³-hybridized carbons (Fsp3) is 0.833. The number of morpholine rings is 1. The summed E-state index contributed by atoms with van der Waals surface area (Å²) < 4.78 is 5.35. The summed E-state index contributed by atoms with van der Waals surface area (Å²) in [4.78, 5) is 24.7. The summed E-state index contributed by atoms with van der Waals surface area (Å²) in [6, 6.07) is -0.371. The van der Waals surface area contributed by atoms with Gasteiger partial charge in [-0.3, -0.25) is 4.79 Å². The standard InChI is InChI=1S/C12H20N2O5/c1-8-6-19-9(5-15)4-14(8)11(18)13-7-12(2-3-12)10(16)17/h8-9,15H,2-7H2,1H3,(H,13,18)(H,16,17). The molecule has 2 rings (SSSR count). The zero-order chi connectivity index (χ0) is 14.0. The third-order valence-electron chi connectivity index (χ3n) is 3.86. The van der Waals surface area contributed by atoms with Gasteiger partial charge in [-0.1, -0.05) is 0 Å². The zero-order valence-electron chi connectivity index (χ0n) is 11.0. The first-order chi connectivity index (χ1) is 8.98. The van der Waals surface area contributed by atoms with Crippen molar-refractivity contribution in [2.24, 2.45) is 5.41 Å². The minimum atomic E-state index is -0.851. The highest BCUT2D eigenvalue weighted by molar-refractivity contribution is 5.80. The van der Waals surface area contributed by atoms with Gasteiger partial charge in [-0.15, -0.1) is 0 Å². The minimum Gasteiger partial charge on any atom is -0.481 e. The first-order valence-electron chi connectivity index (χ1n) is 6.49. The van der Waals surface area contributed by atoms with Crippen LogP contribution in [0.3, 0.4) is 0 Å². The monoisotopic (exact) mass is 272 g/mol. The lowest BCUT2D eigenvalue weighted by Gasteiger charge is -2.37. The van der Waals surface area contributed by atoms with E-state index >= 15 is 0 Å². The molecule has 1 saturated heterocycles. The predicted octanol–water partition coefficient (Wildman–Crippen LogP) is -0.358. The highest BCUT2D eigenvalue weighted by atomic mass is 16.5. The Morgan fingerprint density at radius 1 is 1.47 bits per heavy atom. The van der Waals surface area contributed by atoms with Gasteiger partial charge in [0.15, 0.2) is 0 Å². The van der Waals surface area contributed by atoms with Crippen molar-refractivity contribution < 1.29 is 24.5 Å². The summed E-state index contributed by atoms with van der Waals surface area (Å²) in [6.07, 6.45) is 0.859. The van der Waals surface area contributed by atoms with Crippen LogP contribution in [-0.2, 0) is 9.53 Å². The summed E-state index contributed by atoms with van der Waals surface area (Å²) in [5, 5.41) is 20.8. The number of carbonyl (C=O) groups excluding carboxylic acids is 1. The number of urea groups is 1. The van der Waals surface area contributed by atoms with Gasteiger partial charge in [-0.2, -0.15) is 0 Å². The number of aliphatic hydroxyl groups excluding tert-OH is 1. The Kier molecular flexibility index (Phi) is 3.96. The van der Waals surface area contributed by atoms with Crippen molar-refractivity contribution in [3.8, 4) is 0 Å². The van der Waals surface area contributed by atoms with Gasteiger partial charge in [0.2, 0.25) is 0 Å². The molecule has 0 aromatic carbocycles. The molecule has 1 aliphatic carbocycles. The molecule has 2 fully saturated rings. The Bertz CT molecular complexity index is 369. The van der Waals surface area contributed by atoms with Crippen molar-refractivity contribution >= 4 is 12.0 Å². The van der Waals surface area contributed by atoms with Gasteiger partial charge in [0.1, 0.15) is 0 Å². The van der Waals surface area contributed by atoms with E-state index in [2.05, 4.69) is 5.32 Å². The first-order valence-corrected chi connectivity index (χ1v) is 6.49. The molecule has 2 aliphatic rings. The Morgan fingerprint density at radius 3 is 2.68 bits per heavy atom. The van der Waals surface area contributed by atoms with Crippen molar-refractivity contribution in [1.82, 2.24) is 10.2 Å². The summed E-state index contributed by atoms with van der Waals surface area (Å²) in [6.45, 7) is 2.59. The molecule has 2 amide bonds. The van der Waals surface area contributed by atoms with Crippen LogP contribution in [-0.4, -0.2) is 65.6 Å². The van der Waals surface area contributed by atoms with Crippen molar-refractivity contribution in [2.45, 2.75) is 31.9 Å². The van der Waals surface area contributed by atoms with E-state index in [9.17, 15) is 9.59 Å². The van der Waals surface area contributed by atoms with Gasteiger partial charge in [0, 0.05) is 6.54 Å². The van der Waals surface area contributed by atoms with Crippen LogP contribution < -0.4 is 5.32 Å². The fourth-order valence-corrected chi connectivity index (χ4v) is 2.17. The average molecular weight is 272 g/mol. The van der Waals surface area contributed by atoms with Crippen LogP contribution in [0.2, 0.25) is 0 Å². The van der Waals surface area contributed by atoms with E-state index < -0.39 is 11.4 Å². The third kappa shape index (κ3) is 2.98. The number of rotatable bonds is 4. The average Bonchev–Trinajstić information content (AvgIpc) is 3.18. The minimum absolute atomic E-state index is 0.0808. The molecule has 0 aromatic rings. The van der Waals surface area contributed by atoms with Crippen LogP contribution in [0, 0.1) is 5.41 Å². The maximum atomic E-state index is 12.1. The fourth-order valence-electron chi connectivity index (χ4n) is 2.17. The second-order valence-electron chi connectivity index (χ2n) is 5.38. The van der Waals surface area contributed by atoms with Crippen LogP contribution in [0.25, 0.3) is 0 Å². The molecule has 0 aromatic heterocycles. The molecule has 0 bridgehead atoms. The van der Waals surface area contributed by atoms with Gasteiger partial charge < -0.3 is 25.2 Å². The van der Waals surface area contributed by atoms with Crippen molar-refractivity contribution in [1.29, 1.82) is 0 Å². The molecule has 7 nitrogen and oxygen atoms in total. The number of nitrogens with one attached hydrogen (secondary N) is 1. The molecule has 19 heavy (non-hydrogen) atoms. The van der Waals surface area contributed by atoms with Crippen LogP contribution in [0.1, 0.15) is 19.8 Å². The molecule has 1 aliphatic heterocycles. The molecular weight excluding hydrogens is 252 g/mol. The maximum absolute atomic E-state index is 12.1. The van der Waals surface area contributed by atoms with Gasteiger partial charge in [0.25, 0.3) is 0 Å². The van der Waals surface area contributed by atoms with E-state index in [4.69, 9.17) is 14.9 Å². The molecule has 0 radical (unpaired) electrons. The molecule has 3 N–H and O–H groups in total. The molecule has 0 spiro atoms. The number of carboxylic acids is 1. The Labute approximate surface area is 111 Å². The van der Waals surface area contributed by atoms with Crippen molar-refractivity contribution in [3.63, 3.8) is 0 Å². The molecule has 2 atom stereocenters. The normalized spacial score (nSPS) is 28.8. The lowest BCUT2D eigenvalue weighted by molar-refractivity contribution is -0.143. The van der Waals surface area contributed by atoms with Crippen LogP contribution in [0.4, 0.5) is 4.79 Å². The molecular formula is C12H20N2O5. The van der Waals surface area contributed by atoms with Gasteiger partial charge in [-0.25, -0.2) is 4.79 Å². The summed E-state index contributed by atoms with van der Waals surface area (Å²) in [5.74, 6) is -0.851. The van der Waals surface area contributed by atoms with Crippen LogP contribution in [0.5, 0.6) is 0 Å². The van der Waals surface area contributed by atoms with E-state index in [0.717, 1.165) is 0 Å². The number of nitrogens with zero attached hydrogens (tertiary/aromatic N) is 1. The third-order valence-corrected chi connectivity index (χ3v) is 3.86. The topological polar surface area (TPSA) is 99.1 Å². The van der Waals surface area contributed by atoms with E-state index in [0.29, 0.717) is 26.0 Å². The highest BCUT2D eigenvalue weighted by Crippen LogP contribution is 2.45. The summed E-state index contributed by atoms with van der Waals surface area (Å²) in [5.41, 5.74) is -0.762. The Balaban J connectivity index is 1.86. The lowest BCUT2D eigenvalue weighted by atomic mass is 10.1. The molecule has 108 valence electrons. The molecule has 1 saturated carbocycles. The smallest absolute Gasteiger partial charge is 0.317 e. The number of aliphatic carboxylic acids is 1. The number of carbonyl (C=O) groups is 2. The molecule has 2 unspecified atom stereocenters. The molecule has 7 heteroatoms. The van der Waals surface area contributed by atoms with E-state index in [-0.39, 0.29) is 31.3 Å². The number of hydrogen-bond donors (Lipinski definition) is 3. The number of carboxylic acid groups (broad SMARTS) is 1. The number of hydrogen-bond acceptors (Lipinski definition) is 4. The van der Waals surface area contributed by atoms with Crippen molar-refractivity contribution in [3.05, 3.63) is 0 Å². The Morgan fingerprint density at radius 2 is 2.16 bits per heavy atom. The first kappa shape index (κ1) is 14.1. The summed E-state index contributed by atoms with van der Waals surface area (Å²) >= 11 is 0. The summed E-state index contributed by atoms with van der Waals surface area (Å²) in [7, 11) is 0. The number of amides is 2. The SMILES string of the molecule is CC1COC(CO)CN1C(=O)NCC1(C(=O)O)CC1. The predicted molar refractivity (Wildman–Crippen MR) is 65.7 cm³/mol. The van der Waals surface area contributed by atoms with E-state index in [1.807, 2.05) is 6.92 Å². The van der Waals surface area contributed by atoms with Crippen molar-refractivity contribution in [2.75, 3.05) is 26.3 Å². The van der Waals surface area contributed by atoms with Crippen LogP contribution >= 0.6 is 0 Å². The zero-order valence-corrected chi connectivity index (χ0v) is 11.0. The van der Waals surface area contributed by atoms with Crippen LogP contribution in [0.15, 0.2) is 0 Å². The van der Waals surface area contributed by atoms with Gasteiger partial charge in [0.05, 0.1) is 37.3 Å².